The van der Waals surface area contributed by atoms with Crippen LogP contribution in [0.2, 0.25) is 0 Å². The molecule has 0 aliphatic carbocycles. The minimum Gasteiger partial charge on any atom is -0.394 e. The first-order valence-electron chi connectivity index (χ1n) is 3.46. The van der Waals surface area contributed by atoms with Crippen LogP contribution in [0.1, 0.15) is 6.92 Å². The normalized spacial score (nSPS) is 43.8. The highest BCUT2D eigenvalue weighted by atomic mass is 16.5. The van der Waals surface area contributed by atoms with Crippen LogP contribution in [-0.4, -0.2) is 35.6 Å². The Labute approximate surface area is 65.0 Å². The summed E-state index contributed by atoms with van der Waals surface area (Å²) in [5.41, 5.74) is -0.854. The van der Waals surface area contributed by atoms with Crippen molar-refractivity contribution in [2.24, 2.45) is 5.41 Å². The summed E-state index contributed by atoms with van der Waals surface area (Å²) in [5.74, 6) is 0. The van der Waals surface area contributed by atoms with E-state index in [0.717, 1.165) is 0 Å². The minimum absolute atomic E-state index is 0.190. The van der Waals surface area contributed by atoms with E-state index in [4.69, 9.17) is 15.1 Å². The van der Waals surface area contributed by atoms with Crippen molar-refractivity contribution < 1.29 is 14.9 Å². The molecule has 1 rings (SSSR count). The molecule has 0 saturated carbocycles. The van der Waals surface area contributed by atoms with Gasteiger partial charge >= 0.3 is 0 Å². The van der Waals surface area contributed by atoms with E-state index in [1.807, 2.05) is 6.07 Å². The lowest BCUT2D eigenvalue weighted by molar-refractivity contribution is -0.000494. The van der Waals surface area contributed by atoms with Gasteiger partial charge in [-0.15, -0.1) is 0 Å². The summed E-state index contributed by atoms with van der Waals surface area (Å²) < 4.78 is 5.00. The van der Waals surface area contributed by atoms with Crippen LogP contribution in [0.15, 0.2) is 0 Å². The molecule has 1 aliphatic rings. The second-order valence-electron chi connectivity index (χ2n) is 3.01. The number of rotatable bonds is 1. The summed E-state index contributed by atoms with van der Waals surface area (Å²) in [4.78, 5) is 0. The molecule has 1 heterocycles. The van der Waals surface area contributed by atoms with Gasteiger partial charge in [-0.2, -0.15) is 5.26 Å². The predicted molar refractivity (Wildman–Crippen MR) is 36.6 cm³/mol. The fourth-order valence-corrected chi connectivity index (χ4v) is 1.12. The number of nitrogens with zero attached hydrogens (tertiary/aromatic N) is 1. The molecule has 4 nitrogen and oxygen atoms in total. The van der Waals surface area contributed by atoms with Crippen LogP contribution in [0.25, 0.3) is 0 Å². The van der Waals surface area contributed by atoms with Crippen LogP contribution in [0.4, 0.5) is 0 Å². The van der Waals surface area contributed by atoms with Gasteiger partial charge in [0.05, 0.1) is 19.3 Å². The first-order chi connectivity index (χ1) is 5.14. The number of nitriles is 1. The summed E-state index contributed by atoms with van der Waals surface area (Å²) in [6, 6.07) is 1.97. The Bertz CT molecular complexity index is 189. The van der Waals surface area contributed by atoms with Crippen LogP contribution < -0.4 is 0 Å². The van der Waals surface area contributed by atoms with Gasteiger partial charge in [0.1, 0.15) is 17.6 Å². The Balaban J connectivity index is 2.71. The Morgan fingerprint density at radius 3 is 2.73 bits per heavy atom. The van der Waals surface area contributed by atoms with Crippen LogP contribution in [0.3, 0.4) is 0 Å². The third-order valence-corrected chi connectivity index (χ3v) is 2.04. The fraction of sp³-hybridized carbons (Fsp3) is 0.857. The van der Waals surface area contributed by atoms with Crippen molar-refractivity contribution in [3.05, 3.63) is 0 Å². The molecule has 1 aliphatic heterocycles. The SMILES string of the molecule is CC1(C#N)COC(CO)C1O. The van der Waals surface area contributed by atoms with Gasteiger partial charge in [0.2, 0.25) is 0 Å². The van der Waals surface area contributed by atoms with Gasteiger partial charge in [-0.05, 0) is 6.92 Å². The molecule has 0 aromatic rings. The number of aliphatic hydroxyl groups is 2. The molecule has 0 aromatic carbocycles. The van der Waals surface area contributed by atoms with Crippen molar-refractivity contribution in [1.82, 2.24) is 0 Å². The summed E-state index contributed by atoms with van der Waals surface area (Å²) >= 11 is 0. The van der Waals surface area contributed by atoms with E-state index in [-0.39, 0.29) is 13.2 Å². The van der Waals surface area contributed by atoms with E-state index in [2.05, 4.69) is 0 Å². The Morgan fingerprint density at radius 2 is 2.45 bits per heavy atom. The van der Waals surface area contributed by atoms with Crippen LogP contribution in [0.5, 0.6) is 0 Å². The molecule has 3 unspecified atom stereocenters. The van der Waals surface area contributed by atoms with Crippen molar-refractivity contribution in [2.45, 2.75) is 19.1 Å². The molecule has 62 valence electrons. The number of ether oxygens (including phenoxy) is 1. The molecule has 1 saturated heterocycles. The quantitative estimate of drug-likeness (QED) is 0.526. The Kier molecular flexibility index (Phi) is 2.14. The first kappa shape index (κ1) is 8.47. The average Bonchev–Trinajstić information content (AvgIpc) is 2.31. The summed E-state index contributed by atoms with van der Waals surface area (Å²) in [7, 11) is 0. The van der Waals surface area contributed by atoms with Gasteiger partial charge in [0.15, 0.2) is 0 Å². The second-order valence-corrected chi connectivity index (χ2v) is 3.01. The van der Waals surface area contributed by atoms with Crippen LogP contribution >= 0.6 is 0 Å². The van der Waals surface area contributed by atoms with Crippen molar-refractivity contribution in [3.8, 4) is 6.07 Å². The predicted octanol–water partition coefficient (Wildman–Crippen LogP) is -0.732. The number of hydrogen-bond acceptors (Lipinski definition) is 4. The van der Waals surface area contributed by atoms with Gasteiger partial charge < -0.3 is 14.9 Å². The highest BCUT2D eigenvalue weighted by molar-refractivity contribution is 5.06. The molecule has 0 aromatic heterocycles. The van der Waals surface area contributed by atoms with Gasteiger partial charge in [-0.3, -0.25) is 0 Å². The van der Waals surface area contributed by atoms with E-state index < -0.39 is 17.6 Å². The van der Waals surface area contributed by atoms with E-state index in [1.165, 1.54) is 0 Å². The maximum Gasteiger partial charge on any atom is 0.108 e. The maximum atomic E-state index is 9.40. The monoisotopic (exact) mass is 157 g/mol. The minimum atomic E-state index is -0.877. The molecule has 1 fully saturated rings. The molecule has 2 N–H and O–H groups in total. The largest absolute Gasteiger partial charge is 0.394 e. The summed E-state index contributed by atoms with van der Waals surface area (Å²) in [6.45, 7) is 1.57. The van der Waals surface area contributed by atoms with Crippen molar-refractivity contribution in [1.29, 1.82) is 5.26 Å². The average molecular weight is 157 g/mol. The molecule has 0 spiro atoms. The lowest BCUT2D eigenvalue weighted by Gasteiger charge is -2.18. The summed E-state index contributed by atoms with van der Waals surface area (Å²) in [5, 5.41) is 26.7. The third kappa shape index (κ3) is 1.23. The van der Waals surface area contributed by atoms with Crippen molar-refractivity contribution in [2.75, 3.05) is 13.2 Å². The van der Waals surface area contributed by atoms with E-state index in [1.54, 1.807) is 6.92 Å². The molecule has 0 bridgehead atoms. The topological polar surface area (TPSA) is 73.5 Å². The first-order valence-corrected chi connectivity index (χ1v) is 3.46. The zero-order valence-electron chi connectivity index (χ0n) is 6.32. The maximum absolute atomic E-state index is 9.40. The molecule has 0 radical (unpaired) electrons. The zero-order chi connectivity index (χ0) is 8.48. The van der Waals surface area contributed by atoms with Crippen molar-refractivity contribution in [3.63, 3.8) is 0 Å². The van der Waals surface area contributed by atoms with Gasteiger partial charge in [0.25, 0.3) is 0 Å². The molecule has 3 atom stereocenters. The smallest absolute Gasteiger partial charge is 0.108 e. The third-order valence-electron chi connectivity index (χ3n) is 2.04. The molecular formula is C7H11NO3. The van der Waals surface area contributed by atoms with E-state index in [0.29, 0.717) is 0 Å². The second kappa shape index (κ2) is 2.78. The van der Waals surface area contributed by atoms with Gasteiger partial charge in [0, 0.05) is 0 Å². The lowest BCUT2D eigenvalue weighted by atomic mass is 9.87. The molecular weight excluding hydrogens is 146 g/mol. The molecule has 0 amide bonds. The molecule has 11 heavy (non-hydrogen) atoms. The number of hydrogen-bond donors (Lipinski definition) is 2. The van der Waals surface area contributed by atoms with Crippen LogP contribution in [0, 0.1) is 16.7 Å². The van der Waals surface area contributed by atoms with Crippen LogP contribution in [-0.2, 0) is 4.74 Å². The van der Waals surface area contributed by atoms with Gasteiger partial charge in [-0.25, -0.2) is 0 Å². The standard InChI is InChI=1S/C7H11NO3/c1-7(3-8)4-11-5(2-9)6(7)10/h5-6,9-10H,2,4H2,1H3. The Morgan fingerprint density at radius 1 is 1.82 bits per heavy atom. The number of aliphatic hydroxyl groups excluding tert-OH is 2. The fourth-order valence-electron chi connectivity index (χ4n) is 1.12. The highest BCUT2D eigenvalue weighted by Crippen LogP contribution is 2.31. The highest BCUT2D eigenvalue weighted by Gasteiger charge is 2.45. The lowest BCUT2D eigenvalue weighted by Crippen LogP contribution is -2.35. The van der Waals surface area contributed by atoms with E-state index >= 15 is 0 Å². The van der Waals surface area contributed by atoms with Gasteiger partial charge in [-0.1, -0.05) is 0 Å². The van der Waals surface area contributed by atoms with Crippen molar-refractivity contribution >= 4 is 0 Å². The molecule has 4 heteroatoms. The zero-order valence-corrected chi connectivity index (χ0v) is 6.32. The summed E-state index contributed by atoms with van der Waals surface area (Å²) in [6.07, 6.45) is -1.47. The van der Waals surface area contributed by atoms with E-state index in [9.17, 15) is 5.11 Å². The Hall–Kier alpha value is -0.630.